The molecule has 1 aliphatic carbocycles. The van der Waals surface area contributed by atoms with Crippen LogP contribution in [0.25, 0.3) is 10.9 Å². The van der Waals surface area contributed by atoms with E-state index in [0.717, 1.165) is 23.9 Å². The molecule has 0 bridgehead atoms. The lowest BCUT2D eigenvalue weighted by atomic mass is 9.83. The number of aliphatic hydroxyl groups is 1. The van der Waals surface area contributed by atoms with Gasteiger partial charge in [0.1, 0.15) is 0 Å². The van der Waals surface area contributed by atoms with Gasteiger partial charge in [-0.1, -0.05) is 48.5 Å². The number of aromatic nitrogens is 1. The molecule has 0 amide bonds. The zero-order valence-electron chi connectivity index (χ0n) is 13.1. The summed E-state index contributed by atoms with van der Waals surface area (Å²) in [7, 11) is 0. The molecule has 1 heterocycles. The molecule has 1 aromatic heterocycles. The summed E-state index contributed by atoms with van der Waals surface area (Å²) < 4.78 is 5.81. The van der Waals surface area contributed by atoms with E-state index in [9.17, 15) is 5.11 Å². The molecule has 0 saturated carbocycles. The predicted molar refractivity (Wildman–Crippen MR) is 91.4 cm³/mol. The van der Waals surface area contributed by atoms with Crippen LogP contribution in [0.5, 0.6) is 0 Å². The van der Waals surface area contributed by atoms with Crippen LogP contribution in [0.2, 0.25) is 0 Å². The zero-order chi connectivity index (χ0) is 15.7. The van der Waals surface area contributed by atoms with Crippen LogP contribution < -0.4 is 0 Å². The first-order chi connectivity index (χ1) is 11.2. The smallest absolute Gasteiger partial charge is 0.0925 e. The van der Waals surface area contributed by atoms with Gasteiger partial charge >= 0.3 is 0 Å². The summed E-state index contributed by atoms with van der Waals surface area (Å²) in [6.07, 6.45) is 2.26. The third-order valence-electron chi connectivity index (χ3n) is 4.73. The second kappa shape index (κ2) is 5.84. The minimum atomic E-state index is -0.771. The van der Waals surface area contributed by atoms with Crippen molar-refractivity contribution in [2.45, 2.75) is 31.5 Å². The van der Waals surface area contributed by atoms with Crippen molar-refractivity contribution in [1.29, 1.82) is 0 Å². The van der Waals surface area contributed by atoms with Crippen LogP contribution >= 0.6 is 0 Å². The maximum absolute atomic E-state index is 10.9. The molecule has 1 unspecified atom stereocenters. The highest BCUT2D eigenvalue weighted by atomic mass is 16.5. The van der Waals surface area contributed by atoms with Crippen molar-refractivity contribution in [3.63, 3.8) is 0 Å². The molecule has 118 valence electrons. The van der Waals surface area contributed by atoms with Gasteiger partial charge in [0.15, 0.2) is 0 Å². The lowest BCUT2D eigenvalue weighted by Gasteiger charge is -2.32. The summed E-state index contributed by atoms with van der Waals surface area (Å²) in [5, 5.41) is 12.2. The number of nitrogens with one attached hydrogen (secondary N) is 1. The topological polar surface area (TPSA) is 45.2 Å². The lowest BCUT2D eigenvalue weighted by Crippen LogP contribution is -2.40. The van der Waals surface area contributed by atoms with Crippen molar-refractivity contribution in [2.75, 3.05) is 6.61 Å². The average molecular weight is 307 g/mol. The number of H-pyrrole nitrogens is 1. The van der Waals surface area contributed by atoms with Crippen molar-refractivity contribution >= 4 is 10.9 Å². The zero-order valence-corrected chi connectivity index (χ0v) is 13.1. The van der Waals surface area contributed by atoms with E-state index in [0.29, 0.717) is 19.6 Å². The highest BCUT2D eigenvalue weighted by Crippen LogP contribution is 2.34. The average Bonchev–Trinajstić information content (AvgIpc) is 2.93. The van der Waals surface area contributed by atoms with Gasteiger partial charge in [0.05, 0.1) is 18.8 Å². The van der Waals surface area contributed by atoms with E-state index >= 15 is 0 Å². The Morgan fingerprint density at radius 2 is 1.83 bits per heavy atom. The number of fused-ring (bicyclic) bond motifs is 3. The fourth-order valence-electron chi connectivity index (χ4n) is 3.50. The van der Waals surface area contributed by atoms with Crippen LogP contribution in [0.3, 0.4) is 0 Å². The number of ether oxygens (including phenoxy) is 1. The van der Waals surface area contributed by atoms with Gasteiger partial charge in [-0.05, 0) is 30.0 Å². The molecule has 3 heteroatoms. The largest absolute Gasteiger partial charge is 0.387 e. The monoisotopic (exact) mass is 307 g/mol. The number of hydrogen-bond donors (Lipinski definition) is 2. The SMILES string of the molecule is OC1(COCc2ccccc2)CCc2[nH]c3ccccc3c2C1. The van der Waals surface area contributed by atoms with Crippen LogP contribution in [0.4, 0.5) is 0 Å². The summed E-state index contributed by atoms with van der Waals surface area (Å²) in [4.78, 5) is 3.48. The fourth-order valence-corrected chi connectivity index (χ4v) is 3.50. The Hall–Kier alpha value is -2.10. The molecular weight excluding hydrogens is 286 g/mol. The summed E-state index contributed by atoms with van der Waals surface area (Å²) in [6, 6.07) is 18.4. The van der Waals surface area contributed by atoms with Gasteiger partial charge in [0.25, 0.3) is 0 Å². The van der Waals surface area contributed by atoms with Gasteiger partial charge in [-0.25, -0.2) is 0 Å². The number of para-hydroxylation sites is 1. The Balaban J connectivity index is 1.47. The quantitative estimate of drug-likeness (QED) is 0.773. The Kier molecular flexibility index (Phi) is 3.68. The number of hydrogen-bond acceptors (Lipinski definition) is 2. The summed E-state index contributed by atoms with van der Waals surface area (Å²) in [5.74, 6) is 0. The maximum Gasteiger partial charge on any atom is 0.0925 e. The summed E-state index contributed by atoms with van der Waals surface area (Å²) in [5.41, 5.74) is 4.04. The van der Waals surface area contributed by atoms with Crippen LogP contribution in [0.15, 0.2) is 54.6 Å². The van der Waals surface area contributed by atoms with Crippen molar-refractivity contribution in [3.8, 4) is 0 Å². The Labute approximate surface area is 135 Å². The number of aryl methyl sites for hydroxylation is 1. The second-order valence-electron chi connectivity index (χ2n) is 6.51. The third-order valence-corrected chi connectivity index (χ3v) is 4.73. The van der Waals surface area contributed by atoms with Gasteiger partial charge in [-0.15, -0.1) is 0 Å². The molecule has 3 nitrogen and oxygen atoms in total. The van der Waals surface area contributed by atoms with Gasteiger partial charge in [0, 0.05) is 23.0 Å². The normalized spacial score (nSPS) is 20.6. The molecule has 1 atom stereocenters. The van der Waals surface area contributed by atoms with E-state index in [4.69, 9.17) is 4.74 Å². The minimum Gasteiger partial charge on any atom is -0.387 e. The first-order valence-corrected chi connectivity index (χ1v) is 8.16. The molecule has 23 heavy (non-hydrogen) atoms. The van der Waals surface area contributed by atoms with E-state index in [1.54, 1.807) is 0 Å². The summed E-state index contributed by atoms with van der Waals surface area (Å²) >= 11 is 0. The fraction of sp³-hybridized carbons (Fsp3) is 0.300. The molecule has 0 spiro atoms. The third kappa shape index (κ3) is 2.90. The van der Waals surface area contributed by atoms with Gasteiger partial charge in [-0.2, -0.15) is 0 Å². The van der Waals surface area contributed by atoms with Gasteiger partial charge in [0.2, 0.25) is 0 Å². The van der Waals surface area contributed by atoms with Crippen molar-refractivity contribution < 1.29 is 9.84 Å². The highest BCUT2D eigenvalue weighted by Gasteiger charge is 2.34. The lowest BCUT2D eigenvalue weighted by molar-refractivity contribution is -0.0595. The molecule has 3 aromatic rings. The van der Waals surface area contributed by atoms with Crippen LogP contribution in [-0.4, -0.2) is 22.3 Å². The Morgan fingerprint density at radius 1 is 1.04 bits per heavy atom. The van der Waals surface area contributed by atoms with Crippen LogP contribution in [-0.2, 0) is 24.2 Å². The van der Waals surface area contributed by atoms with Crippen LogP contribution in [0.1, 0.15) is 23.2 Å². The molecule has 2 aromatic carbocycles. The molecule has 0 radical (unpaired) electrons. The first kappa shape index (κ1) is 14.5. The van der Waals surface area contributed by atoms with Gasteiger partial charge < -0.3 is 14.8 Å². The molecule has 4 rings (SSSR count). The number of rotatable bonds is 4. The number of benzene rings is 2. The van der Waals surface area contributed by atoms with Crippen molar-refractivity contribution in [3.05, 3.63) is 71.4 Å². The standard InChI is InChI=1S/C20H21NO2/c22-20(14-23-13-15-6-2-1-3-7-15)11-10-19-17(12-20)16-8-4-5-9-18(16)21-19/h1-9,21-22H,10-14H2. The molecule has 0 aliphatic heterocycles. The van der Waals surface area contributed by atoms with E-state index in [1.807, 2.05) is 36.4 Å². The minimum absolute atomic E-state index is 0.376. The van der Waals surface area contributed by atoms with E-state index in [-0.39, 0.29) is 0 Å². The van der Waals surface area contributed by atoms with E-state index in [2.05, 4.69) is 23.2 Å². The first-order valence-electron chi connectivity index (χ1n) is 8.16. The van der Waals surface area contributed by atoms with Crippen molar-refractivity contribution in [2.24, 2.45) is 0 Å². The molecule has 1 aliphatic rings. The number of aromatic amines is 1. The Bertz CT molecular complexity index is 809. The van der Waals surface area contributed by atoms with Crippen molar-refractivity contribution in [1.82, 2.24) is 4.98 Å². The van der Waals surface area contributed by atoms with E-state index < -0.39 is 5.60 Å². The van der Waals surface area contributed by atoms with Gasteiger partial charge in [-0.3, -0.25) is 0 Å². The highest BCUT2D eigenvalue weighted by molar-refractivity contribution is 5.85. The predicted octanol–water partition coefficient (Wildman–Crippen LogP) is 3.60. The molecule has 2 N–H and O–H groups in total. The van der Waals surface area contributed by atoms with Crippen LogP contribution in [0, 0.1) is 0 Å². The summed E-state index contributed by atoms with van der Waals surface area (Å²) in [6.45, 7) is 0.921. The maximum atomic E-state index is 10.9. The second-order valence-corrected chi connectivity index (χ2v) is 6.51. The van der Waals surface area contributed by atoms with E-state index in [1.165, 1.54) is 16.6 Å². The molecule has 0 fully saturated rings. The molecule has 0 saturated heterocycles. The molecular formula is C20H21NO2. The Morgan fingerprint density at radius 3 is 2.70 bits per heavy atom.